The predicted octanol–water partition coefficient (Wildman–Crippen LogP) is 3.42. The van der Waals surface area contributed by atoms with E-state index in [9.17, 15) is 9.59 Å². The summed E-state index contributed by atoms with van der Waals surface area (Å²) in [4.78, 5) is 33.4. The van der Waals surface area contributed by atoms with Crippen LogP contribution in [0.3, 0.4) is 0 Å². The lowest BCUT2D eigenvalue weighted by Gasteiger charge is -2.27. The van der Waals surface area contributed by atoms with Crippen molar-refractivity contribution in [2.75, 3.05) is 4.90 Å². The molecule has 0 bridgehead atoms. The highest BCUT2D eigenvalue weighted by molar-refractivity contribution is 5.88. The highest BCUT2D eigenvalue weighted by Gasteiger charge is 2.25. The standard InChI is InChI=1S/C18H21N3O4/c1-12-19-9-8-15(20-12)21(17(24)25-18(2,3)4)11-13-6-5-7-14(10-13)16(22)23/h5-10H,11H2,1-4H3,(H,22,23). The molecule has 0 aliphatic carbocycles. The van der Waals surface area contributed by atoms with Crippen molar-refractivity contribution >= 4 is 17.9 Å². The highest BCUT2D eigenvalue weighted by atomic mass is 16.6. The first-order valence-electron chi connectivity index (χ1n) is 7.78. The number of amides is 1. The number of aromatic carboxylic acids is 1. The fourth-order valence-corrected chi connectivity index (χ4v) is 2.14. The van der Waals surface area contributed by atoms with E-state index in [1.54, 1.807) is 52.1 Å². The molecule has 1 aromatic carbocycles. The van der Waals surface area contributed by atoms with E-state index >= 15 is 0 Å². The van der Waals surface area contributed by atoms with Gasteiger partial charge in [-0.1, -0.05) is 12.1 Å². The topological polar surface area (TPSA) is 92.6 Å². The SMILES string of the molecule is Cc1nccc(N(Cc2cccc(C(=O)O)c2)C(=O)OC(C)(C)C)n1. The number of benzene rings is 1. The zero-order valence-corrected chi connectivity index (χ0v) is 14.7. The van der Waals surface area contributed by atoms with Gasteiger partial charge < -0.3 is 9.84 Å². The molecular weight excluding hydrogens is 322 g/mol. The number of hydrogen-bond acceptors (Lipinski definition) is 5. The minimum absolute atomic E-state index is 0.131. The minimum atomic E-state index is -1.02. The fourth-order valence-electron chi connectivity index (χ4n) is 2.14. The van der Waals surface area contributed by atoms with Gasteiger partial charge in [-0.25, -0.2) is 19.6 Å². The molecule has 25 heavy (non-hydrogen) atoms. The highest BCUT2D eigenvalue weighted by Crippen LogP contribution is 2.19. The average Bonchev–Trinajstić information content (AvgIpc) is 2.51. The third-order valence-electron chi connectivity index (χ3n) is 3.17. The van der Waals surface area contributed by atoms with Crippen LogP contribution in [-0.2, 0) is 11.3 Å². The summed E-state index contributed by atoms with van der Waals surface area (Å²) in [5, 5.41) is 9.13. The summed E-state index contributed by atoms with van der Waals surface area (Å²) in [6, 6.07) is 8.01. The molecule has 7 nitrogen and oxygen atoms in total. The van der Waals surface area contributed by atoms with Gasteiger partial charge in [0.1, 0.15) is 17.2 Å². The third-order valence-corrected chi connectivity index (χ3v) is 3.17. The molecule has 0 unspecified atom stereocenters. The van der Waals surface area contributed by atoms with Crippen LogP contribution in [0.25, 0.3) is 0 Å². The van der Waals surface area contributed by atoms with Crippen molar-refractivity contribution in [1.82, 2.24) is 9.97 Å². The number of nitrogens with zero attached hydrogens (tertiary/aromatic N) is 3. The van der Waals surface area contributed by atoms with E-state index in [-0.39, 0.29) is 12.1 Å². The Morgan fingerprint density at radius 2 is 1.96 bits per heavy atom. The van der Waals surface area contributed by atoms with Crippen LogP contribution < -0.4 is 4.90 Å². The van der Waals surface area contributed by atoms with E-state index in [1.807, 2.05) is 0 Å². The molecule has 1 heterocycles. The van der Waals surface area contributed by atoms with Gasteiger partial charge in [-0.05, 0) is 51.5 Å². The maximum Gasteiger partial charge on any atom is 0.416 e. The Bertz CT molecular complexity index is 784. The van der Waals surface area contributed by atoms with Crippen LogP contribution in [0.15, 0.2) is 36.5 Å². The van der Waals surface area contributed by atoms with E-state index in [1.165, 1.54) is 17.0 Å². The van der Waals surface area contributed by atoms with Crippen LogP contribution in [0.1, 0.15) is 42.5 Å². The molecular formula is C18H21N3O4. The van der Waals surface area contributed by atoms with Crippen LogP contribution >= 0.6 is 0 Å². The Kier molecular flexibility index (Phi) is 5.36. The molecule has 0 saturated heterocycles. The molecule has 7 heteroatoms. The second kappa shape index (κ2) is 7.29. The molecule has 0 saturated carbocycles. The van der Waals surface area contributed by atoms with Gasteiger partial charge in [0, 0.05) is 6.20 Å². The van der Waals surface area contributed by atoms with Crippen molar-refractivity contribution in [2.24, 2.45) is 0 Å². The van der Waals surface area contributed by atoms with Gasteiger partial charge in [-0.2, -0.15) is 0 Å². The summed E-state index contributed by atoms with van der Waals surface area (Å²) < 4.78 is 5.45. The summed E-state index contributed by atoms with van der Waals surface area (Å²) in [6.07, 6.45) is 0.995. The number of anilines is 1. The maximum atomic E-state index is 12.6. The zero-order valence-electron chi connectivity index (χ0n) is 14.7. The monoisotopic (exact) mass is 343 g/mol. The second-order valence-corrected chi connectivity index (χ2v) is 6.53. The molecule has 1 aromatic heterocycles. The van der Waals surface area contributed by atoms with Crippen LogP contribution in [0.5, 0.6) is 0 Å². The number of hydrogen-bond donors (Lipinski definition) is 1. The maximum absolute atomic E-state index is 12.6. The van der Waals surface area contributed by atoms with Crippen LogP contribution in [0.2, 0.25) is 0 Å². The summed E-state index contributed by atoms with van der Waals surface area (Å²) in [5.74, 6) is -0.114. The van der Waals surface area contributed by atoms with Gasteiger partial charge in [0.05, 0.1) is 12.1 Å². The van der Waals surface area contributed by atoms with E-state index in [0.29, 0.717) is 17.2 Å². The summed E-state index contributed by atoms with van der Waals surface area (Å²) in [5.41, 5.74) is 0.142. The second-order valence-electron chi connectivity index (χ2n) is 6.53. The number of carbonyl (C=O) groups excluding carboxylic acids is 1. The fraction of sp³-hybridized carbons (Fsp3) is 0.333. The summed E-state index contributed by atoms with van der Waals surface area (Å²) >= 11 is 0. The van der Waals surface area contributed by atoms with Gasteiger partial charge in [0.15, 0.2) is 0 Å². The first kappa shape index (κ1) is 18.4. The first-order valence-corrected chi connectivity index (χ1v) is 7.78. The van der Waals surface area contributed by atoms with Gasteiger partial charge >= 0.3 is 12.1 Å². The van der Waals surface area contributed by atoms with Gasteiger partial charge in [0.25, 0.3) is 0 Å². The number of aromatic nitrogens is 2. The molecule has 2 rings (SSSR count). The van der Waals surface area contributed by atoms with Crippen LogP contribution in [0, 0.1) is 6.92 Å². The molecule has 0 fully saturated rings. The number of carbonyl (C=O) groups is 2. The summed E-state index contributed by atoms with van der Waals surface area (Å²) in [6.45, 7) is 7.19. The molecule has 0 atom stereocenters. The smallest absolute Gasteiger partial charge is 0.416 e. The molecule has 0 radical (unpaired) electrons. The lowest BCUT2D eigenvalue weighted by Crippen LogP contribution is -2.37. The normalized spacial score (nSPS) is 11.0. The number of ether oxygens (including phenoxy) is 1. The minimum Gasteiger partial charge on any atom is -0.478 e. The summed E-state index contributed by atoms with van der Waals surface area (Å²) in [7, 11) is 0. The predicted molar refractivity (Wildman–Crippen MR) is 92.6 cm³/mol. The largest absolute Gasteiger partial charge is 0.478 e. The molecule has 0 spiro atoms. The number of rotatable bonds is 4. The molecule has 132 valence electrons. The first-order chi connectivity index (χ1) is 11.7. The van der Waals surface area contributed by atoms with E-state index in [2.05, 4.69) is 9.97 Å². The lowest BCUT2D eigenvalue weighted by atomic mass is 10.1. The van der Waals surface area contributed by atoms with Crippen LogP contribution in [-0.4, -0.2) is 32.7 Å². The zero-order chi connectivity index (χ0) is 18.6. The third kappa shape index (κ3) is 5.27. The van der Waals surface area contributed by atoms with E-state index in [4.69, 9.17) is 9.84 Å². The van der Waals surface area contributed by atoms with Crippen molar-refractivity contribution in [3.8, 4) is 0 Å². The van der Waals surface area contributed by atoms with Crippen molar-refractivity contribution in [3.05, 3.63) is 53.5 Å². The van der Waals surface area contributed by atoms with Crippen LogP contribution in [0.4, 0.5) is 10.6 Å². The van der Waals surface area contributed by atoms with Gasteiger partial charge in [-0.3, -0.25) is 4.90 Å². The Morgan fingerprint density at radius 3 is 2.56 bits per heavy atom. The molecule has 0 aliphatic heterocycles. The van der Waals surface area contributed by atoms with Crippen molar-refractivity contribution < 1.29 is 19.4 Å². The van der Waals surface area contributed by atoms with E-state index < -0.39 is 17.7 Å². The Morgan fingerprint density at radius 1 is 1.24 bits per heavy atom. The van der Waals surface area contributed by atoms with Gasteiger partial charge in [0.2, 0.25) is 0 Å². The Balaban J connectivity index is 2.36. The molecule has 0 aliphatic rings. The molecule has 1 amide bonds. The number of carboxylic acid groups (broad SMARTS) is 1. The number of aryl methyl sites for hydroxylation is 1. The quantitative estimate of drug-likeness (QED) is 0.914. The average molecular weight is 343 g/mol. The molecule has 2 aromatic rings. The van der Waals surface area contributed by atoms with E-state index in [0.717, 1.165) is 0 Å². The van der Waals surface area contributed by atoms with Crippen molar-refractivity contribution in [3.63, 3.8) is 0 Å². The Hall–Kier alpha value is -2.96. The Labute approximate surface area is 146 Å². The lowest BCUT2D eigenvalue weighted by molar-refractivity contribution is 0.0575. The molecule has 1 N–H and O–H groups in total. The van der Waals surface area contributed by atoms with Crippen molar-refractivity contribution in [1.29, 1.82) is 0 Å². The van der Waals surface area contributed by atoms with Crippen molar-refractivity contribution in [2.45, 2.75) is 39.8 Å². The number of carboxylic acids is 1. The van der Waals surface area contributed by atoms with Gasteiger partial charge in [-0.15, -0.1) is 0 Å².